The Morgan fingerprint density at radius 3 is 2.09 bits per heavy atom. The van der Waals surface area contributed by atoms with Gasteiger partial charge in [-0.05, 0) is 40.2 Å². The highest BCUT2D eigenvalue weighted by Gasteiger charge is 2.45. The summed E-state index contributed by atoms with van der Waals surface area (Å²) in [6, 6.07) is 37.1. The van der Waals surface area contributed by atoms with Crippen LogP contribution >= 0.6 is 11.3 Å². The Bertz CT molecular complexity index is 1340. The first-order valence-corrected chi connectivity index (χ1v) is 13.0. The van der Waals surface area contributed by atoms with E-state index in [9.17, 15) is 0 Å². The number of fused-ring (bicyclic) bond motifs is 1. The molecule has 0 aliphatic heterocycles. The van der Waals surface area contributed by atoms with Gasteiger partial charge >= 0.3 is 0 Å². The Kier molecular flexibility index (Phi) is 5.64. The van der Waals surface area contributed by atoms with E-state index in [1.54, 1.807) is 11.3 Å². The lowest BCUT2D eigenvalue weighted by Gasteiger charge is -2.48. The molecule has 168 valence electrons. The van der Waals surface area contributed by atoms with Crippen molar-refractivity contribution in [3.63, 3.8) is 0 Å². The summed E-state index contributed by atoms with van der Waals surface area (Å²) in [4.78, 5) is 5.00. The molecule has 0 radical (unpaired) electrons. The molecule has 1 aromatic heterocycles. The van der Waals surface area contributed by atoms with Crippen LogP contribution in [0.4, 0.5) is 5.13 Å². The number of hydrogen-bond donors (Lipinski definition) is 1. The molecule has 0 bridgehead atoms. The van der Waals surface area contributed by atoms with Crippen molar-refractivity contribution in [2.75, 3.05) is 11.9 Å². The summed E-state index contributed by atoms with van der Waals surface area (Å²) in [6.07, 6.45) is 3.75. The van der Waals surface area contributed by atoms with E-state index in [1.165, 1.54) is 46.7 Å². The van der Waals surface area contributed by atoms with Gasteiger partial charge in [0.1, 0.15) is 0 Å². The van der Waals surface area contributed by atoms with Crippen LogP contribution in [0.5, 0.6) is 0 Å². The molecule has 5 aromatic rings. The van der Waals surface area contributed by atoms with Crippen molar-refractivity contribution < 1.29 is 0 Å². The molecule has 3 heteroatoms. The fourth-order valence-electron chi connectivity index (χ4n) is 5.57. The van der Waals surface area contributed by atoms with Crippen LogP contribution in [0.1, 0.15) is 36.3 Å². The van der Waals surface area contributed by atoms with Gasteiger partial charge in [-0.25, -0.2) is 4.98 Å². The Balaban J connectivity index is 1.28. The van der Waals surface area contributed by atoms with Crippen LogP contribution in [0.25, 0.3) is 22.0 Å². The topological polar surface area (TPSA) is 24.9 Å². The van der Waals surface area contributed by atoms with Crippen LogP contribution in [0, 0.1) is 5.41 Å². The molecule has 1 N–H and O–H groups in total. The highest BCUT2D eigenvalue weighted by molar-refractivity contribution is 7.14. The number of benzene rings is 4. The SMILES string of the molecule is c1ccc(C(c2ccccc2)C2(CNc3nc(-c4cccc5ccccc45)cs3)CCC2)cc1. The number of aromatic nitrogens is 1. The zero-order valence-electron chi connectivity index (χ0n) is 19.2. The van der Waals surface area contributed by atoms with Gasteiger partial charge in [0.2, 0.25) is 0 Å². The number of rotatable bonds is 7. The lowest BCUT2D eigenvalue weighted by Crippen LogP contribution is -2.42. The first-order chi connectivity index (χ1) is 16.8. The van der Waals surface area contributed by atoms with Gasteiger partial charge in [0.15, 0.2) is 5.13 Å². The van der Waals surface area contributed by atoms with E-state index < -0.39 is 0 Å². The van der Waals surface area contributed by atoms with Crippen molar-refractivity contribution in [3.8, 4) is 11.3 Å². The van der Waals surface area contributed by atoms with Crippen LogP contribution in [0.3, 0.4) is 0 Å². The second-order valence-electron chi connectivity index (χ2n) is 9.39. The summed E-state index contributed by atoms with van der Waals surface area (Å²) in [7, 11) is 0. The minimum Gasteiger partial charge on any atom is -0.361 e. The van der Waals surface area contributed by atoms with Crippen molar-refractivity contribution in [2.45, 2.75) is 25.2 Å². The molecule has 0 amide bonds. The van der Waals surface area contributed by atoms with Crippen LogP contribution in [-0.2, 0) is 0 Å². The second-order valence-corrected chi connectivity index (χ2v) is 10.2. The molecule has 34 heavy (non-hydrogen) atoms. The lowest BCUT2D eigenvalue weighted by atomic mass is 9.57. The second kappa shape index (κ2) is 9.08. The maximum atomic E-state index is 5.00. The van der Waals surface area contributed by atoms with Gasteiger partial charge in [-0.3, -0.25) is 0 Å². The Morgan fingerprint density at radius 2 is 1.41 bits per heavy atom. The highest BCUT2D eigenvalue weighted by atomic mass is 32.1. The van der Waals surface area contributed by atoms with E-state index in [4.69, 9.17) is 4.98 Å². The molecule has 4 aromatic carbocycles. The molecule has 6 rings (SSSR count). The minimum absolute atomic E-state index is 0.202. The summed E-state index contributed by atoms with van der Waals surface area (Å²) in [5.74, 6) is 0.383. The Hall–Kier alpha value is -3.43. The van der Waals surface area contributed by atoms with E-state index in [-0.39, 0.29) is 5.41 Å². The number of anilines is 1. The third-order valence-corrected chi connectivity index (χ3v) is 8.19. The van der Waals surface area contributed by atoms with Crippen molar-refractivity contribution in [3.05, 3.63) is 120 Å². The Labute approximate surface area is 205 Å². The van der Waals surface area contributed by atoms with E-state index in [2.05, 4.69) is 114 Å². The van der Waals surface area contributed by atoms with Crippen LogP contribution in [-0.4, -0.2) is 11.5 Å². The fourth-order valence-corrected chi connectivity index (χ4v) is 6.28. The number of nitrogens with one attached hydrogen (secondary N) is 1. The van der Waals surface area contributed by atoms with E-state index >= 15 is 0 Å². The molecule has 1 aliphatic carbocycles. The van der Waals surface area contributed by atoms with Gasteiger partial charge in [-0.2, -0.15) is 0 Å². The molecule has 0 spiro atoms. The van der Waals surface area contributed by atoms with Gasteiger partial charge in [0.05, 0.1) is 5.69 Å². The number of hydrogen-bond acceptors (Lipinski definition) is 3. The predicted molar refractivity (Wildman–Crippen MR) is 145 cm³/mol. The predicted octanol–water partition coefficient (Wildman–Crippen LogP) is 8.38. The maximum absolute atomic E-state index is 5.00. The zero-order valence-corrected chi connectivity index (χ0v) is 20.0. The average Bonchev–Trinajstić information content (AvgIpc) is 3.35. The van der Waals surface area contributed by atoms with E-state index in [0.29, 0.717) is 5.92 Å². The largest absolute Gasteiger partial charge is 0.361 e. The maximum Gasteiger partial charge on any atom is 0.183 e. The first-order valence-electron chi connectivity index (χ1n) is 12.1. The van der Waals surface area contributed by atoms with Crippen molar-refractivity contribution in [2.24, 2.45) is 5.41 Å². The number of thiazole rings is 1. The third-order valence-electron chi connectivity index (χ3n) is 7.39. The highest BCUT2D eigenvalue weighted by Crippen LogP contribution is 2.54. The molecule has 1 saturated carbocycles. The summed E-state index contributed by atoms with van der Waals surface area (Å²) >= 11 is 1.71. The molecule has 1 aliphatic rings. The van der Waals surface area contributed by atoms with Crippen LogP contribution < -0.4 is 5.32 Å². The number of nitrogens with zero attached hydrogens (tertiary/aromatic N) is 1. The molecule has 0 atom stereocenters. The smallest absolute Gasteiger partial charge is 0.183 e. The van der Waals surface area contributed by atoms with Gasteiger partial charge in [-0.1, -0.05) is 110 Å². The molecule has 2 nitrogen and oxygen atoms in total. The third kappa shape index (κ3) is 3.91. The normalized spacial score (nSPS) is 14.7. The van der Waals surface area contributed by atoms with Crippen molar-refractivity contribution >= 4 is 27.2 Å². The standard InChI is InChI=1S/C31H28N2S/c1-3-12-24(13-4-1)29(25-14-5-2-6-15-25)31(19-10-20-31)22-32-30-33-28(21-34-30)27-18-9-16-23-11-7-8-17-26(23)27/h1-9,11-18,21,29H,10,19-20,22H2,(H,32,33). The molecular formula is C31H28N2S. The van der Waals surface area contributed by atoms with Crippen LogP contribution in [0.15, 0.2) is 109 Å². The molecule has 1 heterocycles. The van der Waals surface area contributed by atoms with E-state index in [1.807, 2.05) is 0 Å². The first kappa shape index (κ1) is 21.1. The minimum atomic E-state index is 0.202. The van der Waals surface area contributed by atoms with E-state index in [0.717, 1.165) is 17.4 Å². The lowest BCUT2D eigenvalue weighted by molar-refractivity contribution is 0.126. The molecule has 0 unspecified atom stereocenters. The summed E-state index contributed by atoms with van der Waals surface area (Å²) in [6.45, 7) is 0.934. The monoisotopic (exact) mass is 460 g/mol. The zero-order chi connectivity index (χ0) is 22.8. The van der Waals surface area contributed by atoms with Crippen molar-refractivity contribution in [1.29, 1.82) is 0 Å². The molecule has 1 fully saturated rings. The van der Waals surface area contributed by atoms with Gasteiger partial charge in [0.25, 0.3) is 0 Å². The Morgan fingerprint density at radius 1 is 0.765 bits per heavy atom. The summed E-state index contributed by atoms with van der Waals surface area (Å²) < 4.78 is 0. The van der Waals surface area contributed by atoms with Crippen molar-refractivity contribution in [1.82, 2.24) is 4.98 Å². The quantitative estimate of drug-likeness (QED) is 0.264. The van der Waals surface area contributed by atoms with Crippen LogP contribution in [0.2, 0.25) is 0 Å². The van der Waals surface area contributed by atoms with Gasteiger partial charge in [-0.15, -0.1) is 11.3 Å². The summed E-state index contributed by atoms with van der Waals surface area (Å²) in [5, 5.41) is 9.45. The fraction of sp³-hybridized carbons (Fsp3) is 0.194. The van der Waals surface area contributed by atoms with Gasteiger partial charge in [0, 0.05) is 23.4 Å². The average molecular weight is 461 g/mol. The summed E-state index contributed by atoms with van der Waals surface area (Å²) in [5.41, 5.74) is 5.27. The molecular weight excluding hydrogens is 432 g/mol. The van der Waals surface area contributed by atoms with Gasteiger partial charge < -0.3 is 5.32 Å². The molecule has 0 saturated heterocycles.